The van der Waals surface area contributed by atoms with E-state index in [2.05, 4.69) is 10.6 Å². The van der Waals surface area contributed by atoms with E-state index in [4.69, 9.17) is 0 Å². The Morgan fingerprint density at radius 3 is 2.00 bits per heavy atom. The van der Waals surface area contributed by atoms with Crippen molar-refractivity contribution in [2.45, 2.75) is 20.8 Å². The molecule has 0 aliphatic rings. The number of benzene rings is 1. The number of aryl methyl sites for hydroxylation is 1. The smallest absolute Gasteiger partial charge is 0.322 e. The number of anilines is 2. The molecule has 0 bridgehead atoms. The zero-order valence-electron chi connectivity index (χ0n) is 11.0. The SMILES string of the molecule is CCNc1c(C)cc([N+](=O)[O-])c(NCC)c1[N+](=O)[O-]. The van der Waals surface area contributed by atoms with Gasteiger partial charge in [0.2, 0.25) is 0 Å². The average molecular weight is 268 g/mol. The molecule has 1 aromatic carbocycles. The maximum absolute atomic E-state index is 11.2. The van der Waals surface area contributed by atoms with Crippen molar-refractivity contribution >= 4 is 22.7 Å². The predicted molar refractivity (Wildman–Crippen MR) is 72.8 cm³/mol. The van der Waals surface area contributed by atoms with Gasteiger partial charge in [-0.2, -0.15) is 0 Å². The maximum Gasteiger partial charge on any atom is 0.322 e. The van der Waals surface area contributed by atoms with E-state index >= 15 is 0 Å². The fraction of sp³-hybridized carbons (Fsp3) is 0.455. The molecule has 0 spiro atoms. The summed E-state index contributed by atoms with van der Waals surface area (Å²) in [7, 11) is 0. The molecule has 0 amide bonds. The zero-order valence-corrected chi connectivity index (χ0v) is 11.0. The number of hydrogen-bond donors (Lipinski definition) is 2. The van der Waals surface area contributed by atoms with E-state index in [0.717, 1.165) is 0 Å². The number of nitrogens with zero attached hydrogens (tertiary/aromatic N) is 2. The second kappa shape index (κ2) is 5.98. The molecule has 0 atom stereocenters. The number of hydrogen-bond acceptors (Lipinski definition) is 6. The third kappa shape index (κ3) is 2.90. The Morgan fingerprint density at radius 1 is 1.05 bits per heavy atom. The summed E-state index contributed by atoms with van der Waals surface area (Å²) in [6.07, 6.45) is 0. The molecule has 0 aliphatic carbocycles. The normalized spacial score (nSPS) is 10.1. The van der Waals surface area contributed by atoms with Crippen molar-refractivity contribution < 1.29 is 9.85 Å². The van der Waals surface area contributed by atoms with Gasteiger partial charge in [-0.15, -0.1) is 0 Å². The van der Waals surface area contributed by atoms with Crippen molar-refractivity contribution in [3.05, 3.63) is 31.9 Å². The Bertz CT molecular complexity index is 516. The molecular weight excluding hydrogens is 252 g/mol. The van der Waals surface area contributed by atoms with Gasteiger partial charge in [0.15, 0.2) is 5.69 Å². The van der Waals surface area contributed by atoms with Crippen LogP contribution < -0.4 is 10.6 Å². The lowest BCUT2D eigenvalue weighted by atomic mass is 10.1. The zero-order chi connectivity index (χ0) is 14.6. The highest BCUT2D eigenvalue weighted by atomic mass is 16.6. The molecule has 8 nitrogen and oxygen atoms in total. The minimum Gasteiger partial charge on any atom is -0.379 e. The van der Waals surface area contributed by atoms with Gasteiger partial charge in [0.05, 0.1) is 9.85 Å². The molecular formula is C11H16N4O4. The summed E-state index contributed by atoms with van der Waals surface area (Å²) >= 11 is 0. The van der Waals surface area contributed by atoms with Crippen molar-refractivity contribution in [3.63, 3.8) is 0 Å². The molecule has 0 radical (unpaired) electrons. The van der Waals surface area contributed by atoms with Gasteiger partial charge >= 0.3 is 5.69 Å². The van der Waals surface area contributed by atoms with Crippen LogP contribution in [0.15, 0.2) is 6.07 Å². The van der Waals surface area contributed by atoms with Crippen molar-refractivity contribution in [2.75, 3.05) is 23.7 Å². The standard InChI is InChI=1S/C11H16N4O4/c1-4-12-9-7(3)6-8(14(16)17)10(13-5-2)11(9)15(18)19/h6,12-13H,4-5H2,1-3H3. The fourth-order valence-corrected chi connectivity index (χ4v) is 1.86. The van der Waals surface area contributed by atoms with Crippen molar-refractivity contribution in [1.82, 2.24) is 0 Å². The minimum absolute atomic E-state index is 0.0564. The Balaban J connectivity index is 3.64. The first-order chi connectivity index (χ1) is 8.93. The molecule has 1 aromatic rings. The molecule has 0 unspecified atom stereocenters. The van der Waals surface area contributed by atoms with E-state index in [1.165, 1.54) is 6.07 Å². The lowest BCUT2D eigenvalue weighted by molar-refractivity contribution is -0.391. The minimum atomic E-state index is -0.617. The van der Waals surface area contributed by atoms with Crippen LogP contribution in [0, 0.1) is 27.2 Å². The van der Waals surface area contributed by atoms with E-state index in [-0.39, 0.29) is 17.1 Å². The summed E-state index contributed by atoms with van der Waals surface area (Å²) in [5, 5.41) is 27.8. The molecule has 8 heteroatoms. The fourth-order valence-electron chi connectivity index (χ4n) is 1.86. The molecule has 0 aliphatic heterocycles. The highest BCUT2D eigenvalue weighted by Gasteiger charge is 2.30. The highest BCUT2D eigenvalue weighted by molar-refractivity contribution is 5.86. The average Bonchev–Trinajstić information content (AvgIpc) is 2.32. The van der Waals surface area contributed by atoms with Crippen LogP contribution in [0.25, 0.3) is 0 Å². The molecule has 104 valence electrons. The molecule has 1 rings (SSSR count). The van der Waals surface area contributed by atoms with Crippen LogP contribution in [0.1, 0.15) is 19.4 Å². The summed E-state index contributed by atoms with van der Waals surface area (Å²) in [5.74, 6) is 0. The van der Waals surface area contributed by atoms with Crippen LogP contribution in [-0.4, -0.2) is 22.9 Å². The number of nitro groups is 2. The second-order valence-corrected chi connectivity index (χ2v) is 3.89. The lowest BCUT2D eigenvalue weighted by Gasteiger charge is -2.12. The van der Waals surface area contributed by atoms with Crippen LogP contribution in [0.5, 0.6) is 0 Å². The van der Waals surface area contributed by atoms with Crippen LogP contribution in [0.3, 0.4) is 0 Å². The summed E-state index contributed by atoms with van der Waals surface area (Å²) in [6.45, 7) is 5.98. The Labute approximate surface area is 110 Å². The van der Waals surface area contributed by atoms with Gasteiger partial charge in [0.1, 0.15) is 5.69 Å². The second-order valence-electron chi connectivity index (χ2n) is 3.89. The third-order valence-corrected chi connectivity index (χ3v) is 2.56. The van der Waals surface area contributed by atoms with E-state index in [1.54, 1.807) is 20.8 Å². The summed E-state index contributed by atoms with van der Waals surface area (Å²) in [6, 6.07) is 1.34. The maximum atomic E-state index is 11.2. The largest absolute Gasteiger partial charge is 0.379 e. The summed E-state index contributed by atoms with van der Waals surface area (Å²) in [4.78, 5) is 21.0. The molecule has 0 fully saturated rings. The van der Waals surface area contributed by atoms with E-state index in [1.807, 2.05) is 0 Å². The molecule has 0 saturated heterocycles. The number of rotatable bonds is 6. The molecule has 0 aromatic heterocycles. The van der Waals surface area contributed by atoms with Crippen molar-refractivity contribution in [3.8, 4) is 0 Å². The first kappa shape index (κ1) is 14.7. The quantitative estimate of drug-likeness (QED) is 0.606. The molecule has 0 saturated carbocycles. The first-order valence-corrected chi connectivity index (χ1v) is 5.88. The highest BCUT2D eigenvalue weighted by Crippen LogP contribution is 2.42. The van der Waals surface area contributed by atoms with Crippen LogP contribution >= 0.6 is 0 Å². The Morgan fingerprint density at radius 2 is 1.58 bits per heavy atom. The van der Waals surface area contributed by atoms with Gasteiger partial charge in [-0.05, 0) is 26.3 Å². The summed E-state index contributed by atoms with van der Waals surface area (Å²) < 4.78 is 0. The van der Waals surface area contributed by atoms with E-state index < -0.39 is 9.85 Å². The van der Waals surface area contributed by atoms with Crippen molar-refractivity contribution in [2.24, 2.45) is 0 Å². The van der Waals surface area contributed by atoms with Gasteiger partial charge in [-0.1, -0.05) is 0 Å². The monoisotopic (exact) mass is 268 g/mol. The lowest BCUT2D eigenvalue weighted by Crippen LogP contribution is -2.10. The van der Waals surface area contributed by atoms with Gasteiger partial charge in [0, 0.05) is 19.2 Å². The van der Waals surface area contributed by atoms with Crippen molar-refractivity contribution in [1.29, 1.82) is 0 Å². The number of nitrogens with one attached hydrogen (secondary N) is 2. The molecule has 2 N–H and O–H groups in total. The van der Waals surface area contributed by atoms with Gasteiger partial charge in [-0.3, -0.25) is 20.2 Å². The van der Waals surface area contributed by atoms with Crippen LogP contribution in [-0.2, 0) is 0 Å². The predicted octanol–water partition coefficient (Wildman–Crippen LogP) is 2.68. The van der Waals surface area contributed by atoms with Gasteiger partial charge in [-0.25, -0.2) is 0 Å². The van der Waals surface area contributed by atoms with E-state index in [9.17, 15) is 20.2 Å². The molecule has 19 heavy (non-hydrogen) atoms. The summed E-state index contributed by atoms with van der Waals surface area (Å²) in [5.41, 5.74) is 0.165. The Hall–Kier alpha value is -2.38. The topological polar surface area (TPSA) is 110 Å². The van der Waals surface area contributed by atoms with Crippen LogP contribution in [0.4, 0.5) is 22.7 Å². The van der Waals surface area contributed by atoms with Gasteiger partial charge < -0.3 is 10.6 Å². The number of nitro benzene ring substituents is 2. The van der Waals surface area contributed by atoms with E-state index in [0.29, 0.717) is 24.3 Å². The molecule has 0 heterocycles. The van der Waals surface area contributed by atoms with Crippen LogP contribution in [0.2, 0.25) is 0 Å². The third-order valence-electron chi connectivity index (χ3n) is 2.56. The van der Waals surface area contributed by atoms with Gasteiger partial charge in [0.25, 0.3) is 5.69 Å². The Kier molecular flexibility index (Phi) is 4.62. The first-order valence-electron chi connectivity index (χ1n) is 5.88.